The van der Waals surface area contributed by atoms with Gasteiger partial charge in [-0.3, -0.25) is 0 Å². The van der Waals surface area contributed by atoms with E-state index < -0.39 is 0 Å². The molecule has 0 amide bonds. The molecule has 3 rings (SSSR count). The van der Waals surface area contributed by atoms with Crippen LogP contribution in [0, 0.1) is 6.92 Å². The lowest BCUT2D eigenvalue weighted by molar-refractivity contribution is 0.373. The van der Waals surface area contributed by atoms with E-state index in [1.54, 1.807) is 20.3 Å². The smallest absolute Gasteiger partial charge is 0.220 e. The number of halogens is 1. The highest BCUT2D eigenvalue weighted by Crippen LogP contribution is 2.33. The van der Waals surface area contributed by atoms with Crippen LogP contribution in [0.1, 0.15) is 5.69 Å². The van der Waals surface area contributed by atoms with Gasteiger partial charge in [0, 0.05) is 27.2 Å². The first-order valence-electron chi connectivity index (χ1n) is 6.37. The van der Waals surface area contributed by atoms with Gasteiger partial charge in [0.1, 0.15) is 0 Å². The zero-order chi connectivity index (χ0) is 15.0. The average Bonchev–Trinajstić information content (AvgIpc) is 2.81. The molecule has 0 radical (unpaired) electrons. The normalized spacial score (nSPS) is 10.9. The van der Waals surface area contributed by atoms with E-state index in [2.05, 4.69) is 15.0 Å². The summed E-state index contributed by atoms with van der Waals surface area (Å²) in [6.07, 6.45) is 0. The molecule has 0 aliphatic carbocycles. The van der Waals surface area contributed by atoms with Crippen molar-refractivity contribution in [1.82, 2.24) is 15.0 Å². The summed E-state index contributed by atoms with van der Waals surface area (Å²) in [5, 5.41) is 1.63. The van der Waals surface area contributed by atoms with Crippen molar-refractivity contribution in [2.24, 2.45) is 0 Å². The summed E-state index contributed by atoms with van der Waals surface area (Å²) in [7, 11) is 3.12. The van der Waals surface area contributed by atoms with Crippen LogP contribution in [0.5, 0.6) is 11.8 Å². The monoisotopic (exact) mass is 303 g/mol. The number of ether oxygens (including phenoxy) is 2. The molecule has 2 heterocycles. The molecule has 0 fully saturated rings. The Morgan fingerprint density at radius 2 is 1.71 bits per heavy atom. The van der Waals surface area contributed by atoms with Crippen LogP contribution in [0.15, 0.2) is 24.3 Å². The molecule has 2 aromatic heterocycles. The van der Waals surface area contributed by atoms with E-state index in [4.69, 9.17) is 21.1 Å². The Bertz CT molecular complexity index is 792. The van der Waals surface area contributed by atoms with Crippen LogP contribution in [-0.4, -0.2) is 29.2 Å². The maximum atomic E-state index is 6.10. The second-order valence-corrected chi connectivity index (χ2v) is 5.03. The highest BCUT2D eigenvalue weighted by Gasteiger charge is 2.16. The van der Waals surface area contributed by atoms with E-state index in [1.807, 2.05) is 25.1 Å². The second-order valence-electron chi connectivity index (χ2n) is 4.59. The van der Waals surface area contributed by atoms with E-state index in [9.17, 15) is 0 Å². The number of rotatable bonds is 3. The molecule has 0 aliphatic rings. The SMILES string of the molecule is COc1cc(OC)nc(-c2c(C)[nH]c3ccc(Cl)cc23)n1. The van der Waals surface area contributed by atoms with Crippen LogP contribution in [0.3, 0.4) is 0 Å². The summed E-state index contributed by atoms with van der Waals surface area (Å²) >= 11 is 6.10. The van der Waals surface area contributed by atoms with Gasteiger partial charge in [-0.05, 0) is 25.1 Å². The summed E-state index contributed by atoms with van der Waals surface area (Å²) in [5.41, 5.74) is 2.84. The topological polar surface area (TPSA) is 60.0 Å². The van der Waals surface area contributed by atoms with Crippen LogP contribution in [0.4, 0.5) is 0 Å². The predicted octanol–water partition coefficient (Wildman–Crippen LogP) is 3.60. The van der Waals surface area contributed by atoms with Gasteiger partial charge in [0.25, 0.3) is 0 Å². The van der Waals surface area contributed by atoms with Crippen molar-refractivity contribution in [1.29, 1.82) is 0 Å². The fourth-order valence-corrected chi connectivity index (χ4v) is 2.48. The molecule has 6 heteroatoms. The van der Waals surface area contributed by atoms with Crippen molar-refractivity contribution in [2.75, 3.05) is 14.2 Å². The van der Waals surface area contributed by atoms with Gasteiger partial charge >= 0.3 is 0 Å². The molecule has 0 saturated heterocycles. The number of nitrogens with zero attached hydrogens (tertiary/aromatic N) is 2. The Morgan fingerprint density at radius 1 is 1.05 bits per heavy atom. The van der Waals surface area contributed by atoms with Crippen LogP contribution < -0.4 is 9.47 Å². The van der Waals surface area contributed by atoms with E-state index in [1.165, 1.54) is 0 Å². The number of aromatic amines is 1. The molecule has 1 N–H and O–H groups in total. The number of aromatic nitrogens is 3. The molecule has 3 aromatic rings. The Morgan fingerprint density at radius 3 is 2.33 bits per heavy atom. The van der Waals surface area contributed by atoms with Gasteiger partial charge in [-0.1, -0.05) is 11.6 Å². The van der Waals surface area contributed by atoms with E-state index >= 15 is 0 Å². The van der Waals surface area contributed by atoms with Crippen molar-refractivity contribution < 1.29 is 9.47 Å². The summed E-state index contributed by atoms with van der Waals surface area (Å²) in [6, 6.07) is 7.31. The molecule has 0 bridgehead atoms. The van der Waals surface area contributed by atoms with Crippen LogP contribution in [-0.2, 0) is 0 Å². The first kappa shape index (κ1) is 13.7. The first-order chi connectivity index (χ1) is 10.1. The number of benzene rings is 1. The molecule has 0 aliphatic heterocycles. The Labute approximate surface area is 126 Å². The van der Waals surface area contributed by atoms with Gasteiger partial charge in [0.15, 0.2) is 5.82 Å². The molecule has 0 atom stereocenters. The standard InChI is InChI=1S/C15H14ClN3O2/c1-8-14(10-6-9(16)4-5-11(10)17-8)15-18-12(20-2)7-13(19-15)21-3/h4-7,17H,1-3H3. The third-order valence-corrected chi connectivity index (χ3v) is 3.50. The minimum absolute atomic E-state index is 0.452. The van der Waals surface area contributed by atoms with Gasteiger partial charge in [0.05, 0.1) is 20.3 Å². The fourth-order valence-electron chi connectivity index (χ4n) is 2.31. The van der Waals surface area contributed by atoms with Crippen molar-refractivity contribution >= 4 is 22.5 Å². The van der Waals surface area contributed by atoms with Gasteiger partial charge < -0.3 is 14.5 Å². The fraction of sp³-hybridized carbons (Fsp3) is 0.200. The molecule has 0 spiro atoms. The van der Waals surface area contributed by atoms with Gasteiger partial charge in [-0.25, -0.2) is 0 Å². The Kier molecular flexibility index (Phi) is 3.43. The van der Waals surface area contributed by atoms with Crippen molar-refractivity contribution in [3.05, 3.63) is 35.0 Å². The molecule has 5 nitrogen and oxygen atoms in total. The number of methoxy groups -OCH3 is 2. The van der Waals surface area contributed by atoms with Crippen LogP contribution >= 0.6 is 11.6 Å². The maximum Gasteiger partial charge on any atom is 0.220 e. The zero-order valence-corrected chi connectivity index (χ0v) is 12.7. The maximum absolute atomic E-state index is 6.10. The number of H-pyrrole nitrogens is 1. The molecular formula is C15H14ClN3O2. The van der Waals surface area contributed by atoms with E-state index in [0.29, 0.717) is 22.6 Å². The summed E-state index contributed by atoms with van der Waals surface area (Å²) in [6.45, 7) is 1.97. The Hall–Kier alpha value is -2.27. The molecule has 0 unspecified atom stereocenters. The number of hydrogen-bond donors (Lipinski definition) is 1. The molecule has 21 heavy (non-hydrogen) atoms. The average molecular weight is 304 g/mol. The Balaban J connectivity index is 2.29. The van der Waals surface area contributed by atoms with Crippen molar-refractivity contribution in [3.63, 3.8) is 0 Å². The lowest BCUT2D eigenvalue weighted by atomic mass is 10.1. The van der Waals surface area contributed by atoms with Crippen molar-refractivity contribution in [2.45, 2.75) is 6.92 Å². The lowest BCUT2D eigenvalue weighted by Crippen LogP contribution is -1.97. The second kappa shape index (κ2) is 5.26. The van der Waals surface area contributed by atoms with Gasteiger partial charge in [-0.2, -0.15) is 9.97 Å². The minimum atomic E-state index is 0.452. The number of aryl methyl sites for hydroxylation is 1. The van der Waals surface area contributed by atoms with Crippen LogP contribution in [0.25, 0.3) is 22.3 Å². The minimum Gasteiger partial charge on any atom is -0.481 e. The summed E-state index contributed by atoms with van der Waals surface area (Å²) in [4.78, 5) is 12.1. The highest BCUT2D eigenvalue weighted by atomic mass is 35.5. The van der Waals surface area contributed by atoms with E-state index in [0.717, 1.165) is 22.2 Å². The zero-order valence-electron chi connectivity index (χ0n) is 11.9. The summed E-state index contributed by atoms with van der Waals surface area (Å²) in [5.74, 6) is 1.44. The predicted molar refractivity (Wildman–Crippen MR) is 82.2 cm³/mol. The third-order valence-electron chi connectivity index (χ3n) is 3.27. The highest BCUT2D eigenvalue weighted by molar-refractivity contribution is 6.31. The quantitative estimate of drug-likeness (QED) is 0.803. The number of fused-ring (bicyclic) bond motifs is 1. The van der Waals surface area contributed by atoms with E-state index in [-0.39, 0.29) is 0 Å². The third kappa shape index (κ3) is 2.40. The molecular weight excluding hydrogens is 290 g/mol. The molecule has 1 aromatic carbocycles. The summed E-state index contributed by atoms with van der Waals surface area (Å²) < 4.78 is 10.4. The first-order valence-corrected chi connectivity index (χ1v) is 6.75. The van der Waals surface area contributed by atoms with Gasteiger partial charge in [-0.15, -0.1) is 0 Å². The van der Waals surface area contributed by atoms with Crippen LogP contribution in [0.2, 0.25) is 5.02 Å². The largest absolute Gasteiger partial charge is 0.481 e. The number of nitrogens with one attached hydrogen (secondary N) is 1. The van der Waals surface area contributed by atoms with Gasteiger partial charge in [0.2, 0.25) is 11.8 Å². The number of hydrogen-bond acceptors (Lipinski definition) is 4. The van der Waals surface area contributed by atoms with Crippen molar-refractivity contribution in [3.8, 4) is 23.1 Å². The molecule has 108 valence electrons. The molecule has 0 saturated carbocycles. The lowest BCUT2D eigenvalue weighted by Gasteiger charge is -2.06.